The Balaban J connectivity index is 5.04. The minimum Gasteiger partial charge on any atom is -0.354 e. The van der Waals surface area contributed by atoms with E-state index < -0.39 is 19.0 Å². The molecule has 0 saturated carbocycles. The summed E-state index contributed by atoms with van der Waals surface area (Å²) in [6.45, 7) is 16.8. The van der Waals surface area contributed by atoms with Crippen molar-refractivity contribution < 1.29 is 18.9 Å². The van der Waals surface area contributed by atoms with Crippen LogP contribution in [0.15, 0.2) is 0 Å². The summed E-state index contributed by atoms with van der Waals surface area (Å²) in [5.74, 6) is 0. The van der Waals surface area contributed by atoms with E-state index in [0.29, 0.717) is 0 Å². The lowest BCUT2D eigenvalue weighted by atomic mass is 10.3. The maximum absolute atomic E-state index is 6.49. The molecule has 0 unspecified atom stereocenters. The average molecular weight is 491 g/mol. The van der Waals surface area contributed by atoms with Crippen molar-refractivity contribution in [2.75, 3.05) is 26.4 Å². The molecule has 0 amide bonds. The molecule has 0 spiro atoms. The fraction of sp³-hybridized carbons (Fsp3) is 1.00. The first-order valence-electron chi connectivity index (χ1n) is 14.1. The van der Waals surface area contributed by atoms with Gasteiger partial charge in [0.25, 0.3) is 0 Å². The lowest BCUT2D eigenvalue weighted by molar-refractivity contribution is -0.187. The van der Waals surface area contributed by atoms with Crippen molar-refractivity contribution in [3.8, 4) is 0 Å². The maximum atomic E-state index is 6.49. The van der Waals surface area contributed by atoms with Crippen LogP contribution in [0.25, 0.3) is 0 Å². The van der Waals surface area contributed by atoms with Crippen molar-refractivity contribution in [1.82, 2.24) is 0 Å². The average Bonchev–Trinajstić information content (AvgIpc) is 2.78. The third-order valence-electron chi connectivity index (χ3n) is 6.08. The molecule has 0 aromatic rings. The first-order chi connectivity index (χ1) is 15.6. The van der Waals surface area contributed by atoms with Crippen LogP contribution in [0.3, 0.4) is 0 Å². The van der Waals surface area contributed by atoms with Gasteiger partial charge in [-0.05, 0) is 38.5 Å². The van der Waals surface area contributed by atoms with Crippen LogP contribution in [0.5, 0.6) is 0 Å². The largest absolute Gasteiger partial charge is 0.354 e. The lowest BCUT2D eigenvalue weighted by Crippen LogP contribution is -2.45. The molecule has 0 aromatic carbocycles. The zero-order chi connectivity index (χ0) is 24.0. The van der Waals surface area contributed by atoms with E-state index in [1.54, 1.807) is 0 Å². The van der Waals surface area contributed by atoms with Crippen LogP contribution in [0.2, 0.25) is 12.1 Å². The Morgan fingerprint density at radius 3 is 0.938 bits per heavy atom. The number of rotatable bonds is 25. The SMILES string of the molecule is CCCCOC(CCC)(OCCCC)[SiH2]CC[SiH2]C(CCC)(OCCCC)OCCCC. The summed E-state index contributed by atoms with van der Waals surface area (Å²) >= 11 is 0. The predicted octanol–water partition coefficient (Wildman–Crippen LogP) is 6.34. The van der Waals surface area contributed by atoms with Crippen molar-refractivity contribution in [1.29, 1.82) is 0 Å². The second-order valence-corrected chi connectivity index (χ2v) is 13.9. The zero-order valence-electron chi connectivity index (χ0n) is 22.8. The molecule has 0 heterocycles. The minimum atomic E-state index is -0.499. The van der Waals surface area contributed by atoms with Gasteiger partial charge in [-0.1, -0.05) is 92.2 Å². The Bertz CT molecular complexity index is 340. The van der Waals surface area contributed by atoms with Crippen LogP contribution in [-0.2, 0) is 18.9 Å². The van der Waals surface area contributed by atoms with Gasteiger partial charge >= 0.3 is 0 Å². The second-order valence-electron chi connectivity index (χ2n) is 9.34. The van der Waals surface area contributed by atoms with E-state index in [2.05, 4.69) is 41.5 Å². The Labute approximate surface area is 205 Å². The summed E-state index contributed by atoms with van der Waals surface area (Å²) in [5, 5.41) is 0. The molecule has 0 rings (SSSR count). The summed E-state index contributed by atoms with van der Waals surface area (Å²) in [6.07, 6.45) is 13.6. The van der Waals surface area contributed by atoms with Gasteiger partial charge in [0.1, 0.15) is 10.8 Å². The molecule has 0 aromatic heterocycles. The fourth-order valence-electron chi connectivity index (χ4n) is 4.07. The van der Waals surface area contributed by atoms with Gasteiger partial charge in [-0.3, -0.25) is 0 Å². The van der Waals surface area contributed by atoms with Crippen molar-refractivity contribution in [3.05, 3.63) is 0 Å². The van der Waals surface area contributed by atoms with E-state index in [1.165, 1.54) is 37.8 Å². The predicted molar refractivity (Wildman–Crippen MR) is 145 cm³/mol. The van der Waals surface area contributed by atoms with Crippen molar-refractivity contribution in [2.24, 2.45) is 0 Å². The van der Waals surface area contributed by atoms with E-state index in [1.807, 2.05) is 0 Å². The molecule has 0 atom stereocenters. The second kappa shape index (κ2) is 21.8. The highest BCUT2D eigenvalue weighted by Crippen LogP contribution is 2.26. The smallest absolute Gasteiger partial charge is 0.144 e. The summed E-state index contributed by atoms with van der Waals surface area (Å²) < 4.78 is 26.0. The minimum absolute atomic E-state index is 0.257. The Morgan fingerprint density at radius 2 is 0.719 bits per heavy atom. The van der Waals surface area contributed by atoms with E-state index in [0.717, 1.165) is 77.8 Å². The molecule has 0 aliphatic heterocycles. The van der Waals surface area contributed by atoms with Gasteiger partial charge in [0.05, 0.1) is 19.0 Å². The van der Waals surface area contributed by atoms with Crippen LogP contribution in [0.4, 0.5) is 0 Å². The van der Waals surface area contributed by atoms with Crippen LogP contribution < -0.4 is 0 Å². The van der Waals surface area contributed by atoms with Crippen LogP contribution in [-0.4, -0.2) is 56.3 Å². The topological polar surface area (TPSA) is 36.9 Å². The van der Waals surface area contributed by atoms with E-state index >= 15 is 0 Å². The highest BCUT2D eigenvalue weighted by Gasteiger charge is 2.33. The normalized spacial score (nSPS) is 13.3. The molecule has 0 saturated heterocycles. The van der Waals surface area contributed by atoms with Crippen molar-refractivity contribution in [3.63, 3.8) is 0 Å². The van der Waals surface area contributed by atoms with E-state index in [4.69, 9.17) is 18.9 Å². The standard InChI is InChI=1S/C26H58O4Si2/c1-7-13-19-27-25(17-11-5,28-20-14-8-2)31-23-24-32-26(18-12-6,29-21-15-9-3)30-22-16-10-4/h7-24,31-32H2,1-6H3. The first kappa shape index (κ1) is 32.3. The molecular weight excluding hydrogens is 432 g/mol. The molecule has 0 aliphatic carbocycles. The summed E-state index contributed by atoms with van der Waals surface area (Å²) in [7, 11) is -0.999. The van der Waals surface area contributed by atoms with Gasteiger partial charge in [-0.2, -0.15) is 0 Å². The lowest BCUT2D eigenvalue weighted by Gasteiger charge is -2.36. The summed E-state index contributed by atoms with van der Waals surface area (Å²) in [4.78, 5) is 0. The van der Waals surface area contributed by atoms with Gasteiger partial charge in [-0.25, -0.2) is 0 Å². The number of unbranched alkanes of at least 4 members (excludes halogenated alkanes) is 4. The molecule has 0 N–H and O–H groups in total. The molecule has 194 valence electrons. The monoisotopic (exact) mass is 490 g/mol. The van der Waals surface area contributed by atoms with Gasteiger partial charge in [0.15, 0.2) is 0 Å². The molecule has 32 heavy (non-hydrogen) atoms. The molecule has 0 bridgehead atoms. The maximum Gasteiger partial charge on any atom is 0.144 e. The third-order valence-corrected chi connectivity index (χ3v) is 11.8. The van der Waals surface area contributed by atoms with Crippen LogP contribution in [0.1, 0.15) is 119 Å². The highest BCUT2D eigenvalue weighted by atomic mass is 28.2. The van der Waals surface area contributed by atoms with E-state index in [9.17, 15) is 0 Å². The van der Waals surface area contributed by atoms with Gasteiger partial charge in [0, 0.05) is 26.4 Å². The van der Waals surface area contributed by atoms with Crippen LogP contribution >= 0.6 is 0 Å². The Morgan fingerprint density at radius 1 is 0.438 bits per heavy atom. The van der Waals surface area contributed by atoms with Gasteiger partial charge in [0.2, 0.25) is 0 Å². The highest BCUT2D eigenvalue weighted by molar-refractivity contribution is 6.45. The van der Waals surface area contributed by atoms with Crippen molar-refractivity contribution in [2.45, 2.75) is 142 Å². The molecule has 0 radical (unpaired) electrons. The summed E-state index contributed by atoms with van der Waals surface area (Å²) in [6, 6.07) is 2.56. The van der Waals surface area contributed by atoms with Gasteiger partial charge < -0.3 is 18.9 Å². The number of hydrogen-bond donors (Lipinski definition) is 0. The fourth-order valence-corrected chi connectivity index (χ4v) is 9.51. The Hall–Kier alpha value is 0.274. The molecule has 6 heteroatoms. The van der Waals surface area contributed by atoms with Crippen LogP contribution in [0, 0.1) is 0 Å². The molecule has 0 aliphatic rings. The quantitative estimate of drug-likeness (QED) is 0.0850. The molecule has 0 fully saturated rings. The zero-order valence-corrected chi connectivity index (χ0v) is 25.6. The summed E-state index contributed by atoms with van der Waals surface area (Å²) in [5.41, 5.74) is -0.514. The molecule has 4 nitrogen and oxygen atoms in total. The number of hydrogen-bond acceptors (Lipinski definition) is 4. The molecular formula is C26H58O4Si2. The third kappa shape index (κ3) is 15.2. The first-order valence-corrected chi connectivity index (χ1v) is 17.5. The van der Waals surface area contributed by atoms with Crippen molar-refractivity contribution >= 4 is 19.0 Å². The number of ether oxygens (including phenoxy) is 4. The van der Waals surface area contributed by atoms with E-state index in [-0.39, 0.29) is 10.8 Å². The van der Waals surface area contributed by atoms with Gasteiger partial charge in [-0.15, -0.1) is 0 Å². The Kier molecular flexibility index (Phi) is 22.0.